The number of rotatable bonds is 0. The second kappa shape index (κ2) is 4.12. The van der Waals surface area contributed by atoms with Crippen LogP contribution in [0.2, 0.25) is 0 Å². The Bertz CT molecular complexity index is 318. The van der Waals surface area contributed by atoms with E-state index in [9.17, 15) is 0 Å². The average Bonchev–Trinajstić information content (AvgIpc) is 2.56. The van der Waals surface area contributed by atoms with E-state index in [0.717, 1.165) is 24.3 Å². The van der Waals surface area contributed by atoms with Crippen molar-refractivity contribution in [3.8, 4) is 11.5 Å². The Labute approximate surface area is 102 Å². The fraction of sp³-hybridized carbons (Fsp3) is 0.500. The molecule has 1 aromatic rings. The minimum absolute atomic E-state index is 0. The number of hydrogen-bond donors (Lipinski definition) is 0. The first-order chi connectivity index (χ1) is 6.88. The first-order valence-corrected chi connectivity index (χ1v) is 5.27. The van der Waals surface area contributed by atoms with Crippen LogP contribution in [0.5, 0.6) is 11.5 Å². The third-order valence-electron chi connectivity index (χ3n) is 2.98. The molecule has 1 aliphatic heterocycles. The molecule has 1 heterocycles. The van der Waals surface area contributed by atoms with E-state index in [1.807, 2.05) is 18.2 Å². The van der Waals surface area contributed by atoms with E-state index in [1.54, 1.807) is 0 Å². The molecule has 0 unspecified atom stereocenters. The van der Waals surface area contributed by atoms with Gasteiger partial charge < -0.3 is 9.47 Å². The van der Waals surface area contributed by atoms with Crippen molar-refractivity contribution in [1.82, 2.24) is 0 Å². The summed E-state index contributed by atoms with van der Waals surface area (Å²) < 4.78 is 11.7. The Hall–Kier alpha value is -0.583. The molecule has 0 N–H and O–H groups in total. The maximum atomic E-state index is 5.88. The van der Waals surface area contributed by atoms with Crippen molar-refractivity contribution in [3.63, 3.8) is 0 Å². The molecule has 2 nitrogen and oxygen atoms in total. The van der Waals surface area contributed by atoms with E-state index in [1.165, 1.54) is 19.3 Å². The second-order valence-electron chi connectivity index (χ2n) is 4.04. The van der Waals surface area contributed by atoms with Gasteiger partial charge in [-0.25, -0.2) is 0 Å². The van der Waals surface area contributed by atoms with Crippen LogP contribution >= 0.6 is 0 Å². The molecule has 1 saturated carbocycles. The molecule has 0 radical (unpaired) electrons. The number of benzene rings is 1. The largest absolute Gasteiger partial charge is 1.00 e. The van der Waals surface area contributed by atoms with Crippen molar-refractivity contribution in [3.05, 3.63) is 24.3 Å². The van der Waals surface area contributed by atoms with Crippen LogP contribution < -0.4 is 28.3 Å². The molecule has 0 amide bonds. The summed E-state index contributed by atoms with van der Waals surface area (Å²) in [7, 11) is 0. The minimum Gasteiger partial charge on any atom is -0.511 e. The van der Waals surface area contributed by atoms with Crippen molar-refractivity contribution in [1.29, 1.82) is 0 Å². The summed E-state index contributed by atoms with van der Waals surface area (Å²) in [6, 6.07) is 8.83. The number of para-hydroxylation sites is 1. The van der Waals surface area contributed by atoms with Gasteiger partial charge in [-0.05, 0) is 12.8 Å². The van der Waals surface area contributed by atoms with Gasteiger partial charge in [0.05, 0.1) is 11.5 Å². The fourth-order valence-electron chi connectivity index (χ4n) is 2.27. The quantitative estimate of drug-likeness (QED) is 0.427. The topological polar surface area (TPSA) is 18.5 Å². The molecular formula is C12H13LiO2. The Morgan fingerprint density at radius 1 is 1.13 bits per heavy atom. The zero-order chi connectivity index (χ0) is 9.43. The van der Waals surface area contributed by atoms with Crippen molar-refractivity contribution < 1.29 is 28.3 Å². The van der Waals surface area contributed by atoms with Gasteiger partial charge >= 0.3 is 18.9 Å². The standard InChI is InChI=1S/C12H13O2.Li/c1-4-8-12(9-5-1)13-10-6-2-3-7-11(10)14-12;/h2-3,6H,1,4-5,8-9H2;/q-1;+1. The zero-order valence-electron chi connectivity index (χ0n) is 9.08. The molecule has 2 aliphatic rings. The normalized spacial score (nSPS) is 21.1. The van der Waals surface area contributed by atoms with Crippen molar-refractivity contribution in [2.45, 2.75) is 37.9 Å². The smallest absolute Gasteiger partial charge is 0.511 e. The number of ether oxygens (including phenoxy) is 2. The van der Waals surface area contributed by atoms with Crippen LogP contribution in [-0.2, 0) is 0 Å². The van der Waals surface area contributed by atoms with Gasteiger partial charge in [0.2, 0.25) is 5.79 Å². The Balaban J connectivity index is 0.000000853. The summed E-state index contributed by atoms with van der Waals surface area (Å²) >= 11 is 0. The molecule has 74 valence electrons. The zero-order valence-corrected chi connectivity index (χ0v) is 9.08. The van der Waals surface area contributed by atoms with Gasteiger partial charge in [0, 0.05) is 12.8 Å². The Kier molecular flexibility index (Phi) is 3.00. The van der Waals surface area contributed by atoms with E-state index in [-0.39, 0.29) is 24.6 Å². The summed E-state index contributed by atoms with van der Waals surface area (Å²) in [6.07, 6.45) is 5.72. The Morgan fingerprint density at radius 2 is 1.93 bits per heavy atom. The SMILES string of the molecule is [Li+].[c-]1cccc2c1OC1(CCCCC1)O2. The fourth-order valence-corrected chi connectivity index (χ4v) is 2.27. The number of hydrogen-bond acceptors (Lipinski definition) is 2. The van der Waals surface area contributed by atoms with E-state index in [4.69, 9.17) is 9.47 Å². The molecule has 1 fully saturated rings. The molecule has 0 saturated heterocycles. The van der Waals surface area contributed by atoms with Gasteiger partial charge in [-0.3, -0.25) is 0 Å². The van der Waals surface area contributed by atoms with Gasteiger partial charge in [-0.15, -0.1) is 12.1 Å². The molecule has 1 aromatic carbocycles. The van der Waals surface area contributed by atoms with Crippen LogP contribution in [0.15, 0.2) is 18.2 Å². The summed E-state index contributed by atoms with van der Waals surface area (Å²) in [5.74, 6) is 1.29. The summed E-state index contributed by atoms with van der Waals surface area (Å²) in [5.41, 5.74) is 0. The molecular weight excluding hydrogens is 183 g/mol. The molecule has 0 atom stereocenters. The van der Waals surface area contributed by atoms with Crippen LogP contribution in [-0.4, -0.2) is 5.79 Å². The summed E-state index contributed by atoms with van der Waals surface area (Å²) in [4.78, 5) is 0. The van der Waals surface area contributed by atoms with Crippen LogP contribution in [0.3, 0.4) is 0 Å². The van der Waals surface area contributed by atoms with E-state index in [2.05, 4.69) is 6.07 Å². The first-order valence-electron chi connectivity index (χ1n) is 5.27. The predicted molar refractivity (Wildman–Crippen MR) is 52.4 cm³/mol. The molecule has 3 heteroatoms. The first kappa shape index (κ1) is 10.9. The van der Waals surface area contributed by atoms with Crippen molar-refractivity contribution in [2.24, 2.45) is 0 Å². The molecule has 1 spiro atoms. The van der Waals surface area contributed by atoms with Gasteiger partial charge in [-0.2, -0.15) is 12.1 Å². The van der Waals surface area contributed by atoms with Gasteiger partial charge in [-0.1, -0.05) is 6.42 Å². The van der Waals surface area contributed by atoms with Crippen molar-refractivity contribution in [2.75, 3.05) is 0 Å². The number of fused-ring (bicyclic) bond motifs is 1. The third kappa shape index (κ3) is 1.89. The molecule has 15 heavy (non-hydrogen) atoms. The van der Waals surface area contributed by atoms with Gasteiger partial charge in [0.1, 0.15) is 0 Å². The molecule has 0 bridgehead atoms. The van der Waals surface area contributed by atoms with Crippen LogP contribution in [0, 0.1) is 6.07 Å². The Morgan fingerprint density at radius 3 is 2.67 bits per heavy atom. The van der Waals surface area contributed by atoms with Gasteiger partial charge in [0.15, 0.2) is 0 Å². The van der Waals surface area contributed by atoms with Crippen LogP contribution in [0.25, 0.3) is 0 Å². The summed E-state index contributed by atoms with van der Waals surface area (Å²) in [5, 5.41) is 0. The third-order valence-corrected chi connectivity index (χ3v) is 2.98. The molecule has 0 aromatic heterocycles. The monoisotopic (exact) mass is 196 g/mol. The van der Waals surface area contributed by atoms with E-state index < -0.39 is 0 Å². The van der Waals surface area contributed by atoms with E-state index >= 15 is 0 Å². The maximum Gasteiger partial charge on any atom is 1.00 e. The van der Waals surface area contributed by atoms with Crippen molar-refractivity contribution >= 4 is 0 Å². The molecule has 3 rings (SSSR count). The van der Waals surface area contributed by atoms with E-state index in [0.29, 0.717) is 0 Å². The molecule has 1 aliphatic carbocycles. The average molecular weight is 196 g/mol. The van der Waals surface area contributed by atoms with Gasteiger partial charge in [0.25, 0.3) is 0 Å². The minimum atomic E-state index is -0.349. The maximum absolute atomic E-state index is 5.88. The van der Waals surface area contributed by atoms with Crippen LogP contribution in [0.4, 0.5) is 0 Å². The van der Waals surface area contributed by atoms with Crippen LogP contribution in [0.1, 0.15) is 32.1 Å². The second-order valence-corrected chi connectivity index (χ2v) is 4.04. The predicted octanol–water partition coefficient (Wildman–Crippen LogP) is -0.0776. The summed E-state index contributed by atoms with van der Waals surface area (Å²) in [6.45, 7) is 0.